The molecule has 0 saturated heterocycles. The van der Waals surface area contributed by atoms with Crippen molar-refractivity contribution in [2.75, 3.05) is 5.32 Å². The number of thioether (sulfide) groups is 1. The summed E-state index contributed by atoms with van der Waals surface area (Å²) in [4.78, 5) is 35.2. The number of hydrogen-bond donors (Lipinski definition) is 1. The number of anilines is 1. The Kier molecular flexibility index (Phi) is 6.84. The second kappa shape index (κ2) is 10.4. The summed E-state index contributed by atoms with van der Waals surface area (Å²) in [7, 11) is 0. The second-order valence-corrected chi connectivity index (χ2v) is 9.43. The van der Waals surface area contributed by atoms with Crippen molar-refractivity contribution in [1.82, 2.24) is 9.97 Å². The molecule has 8 heteroatoms. The van der Waals surface area contributed by atoms with Crippen LogP contribution >= 0.6 is 23.4 Å². The average molecular weight is 514 g/mol. The summed E-state index contributed by atoms with van der Waals surface area (Å²) in [5.41, 5.74) is 3.50. The van der Waals surface area contributed by atoms with Crippen LogP contribution in [-0.4, -0.2) is 21.7 Å². The summed E-state index contributed by atoms with van der Waals surface area (Å²) >= 11 is 7.71. The first-order chi connectivity index (χ1) is 17.5. The third-order valence-corrected chi connectivity index (χ3v) is 6.67. The molecule has 2 heterocycles. The number of ketones is 1. The van der Waals surface area contributed by atoms with Gasteiger partial charge in [0.15, 0.2) is 16.6 Å². The zero-order valence-electron chi connectivity index (χ0n) is 19.2. The van der Waals surface area contributed by atoms with Gasteiger partial charge < -0.3 is 9.73 Å². The molecule has 6 nitrogen and oxygen atoms in total. The van der Waals surface area contributed by atoms with Crippen LogP contribution in [0.25, 0.3) is 11.0 Å². The van der Waals surface area contributed by atoms with Crippen molar-refractivity contribution in [1.29, 1.82) is 0 Å². The Morgan fingerprint density at radius 3 is 2.58 bits per heavy atom. The van der Waals surface area contributed by atoms with Gasteiger partial charge in [0, 0.05) is 16.7 Å². The molecule has 0 aliphatic heterocycles. The summed E-state index contributed by atoms with van der Waals surface area (Å²) in [6.45, 7) is 2.03. The van der Waals surface area contributed by atoms with Gasteiger partial charge >= 0.3 is 0 Å². The third-order valence-electron chi connectivity index (χ3n) is 5.46. The van der Waals surface area contributed by atoms with Crippen molar-refractivity contribution in [3.05, 3.63) is 118 Å². The number of aryl methyl sites for hydroxylation is 1. The Bertz CT molecular complexity index is 1580. The van der Waals surface area contributed by atoms with Crippen molar-refractivity contribution in [2.24, 2.45) is 0 Å². The zero-order chi connectivity index (χ0) is 25.1. The Morgan fingerprint density at radius 2 is 1.78 bits per heavy atom. The number of carbonyl (C=O) groups is 2. The van der Waals surface area contributed by atoms with Crippen molar-refractivity contribution in [3.63, 3.8) is 0 Å². The van der Waals surface area contributed by atoms with E-state index in [1.165, 1.54) is 23.5 Å². The average Bonchev–Trinajstić information content (AvgIpc) is 3.26. The number of furan rings is 1. The molecular formula is C28H20ClN3O3S. The SMILES string of the molecule is Cc1cccc(CSc2ncc(Cl)c(C(=O)Nc3c(C(=O)c4ccccc4)oc4ccccc34)n2)c1. The highest BCUT2D eigenvalue weighted by Crippen LogP contribution is 2.33. The fraction of sp³-hybridized carbons (Fsp3) is 0.0714. The van der Waals surface area contributed by atoms with Gasteiger partial charge in [-0.05, 0) is 24.6 Å². The minimum absolute atomic E-state index is 0.0156. The Morgan fingerprint density at radius 1 is 1.00 bits per heavy atom. The van der Waals surface area contributed by atoms with Crippen molar-refractivity contribution in [3.8, 4) is 0 Å². The number of halogens is 1. The molecule has 36 heavy (non-hydrogen) atoms. The maximum Gasteiger partial charge on any atom is 0.276 e. The minimum Gasteiger partial charge on any atom is -0.450 e. The van der Waals surface area contributed by atoms with Gasteiger partial charge in [0.05, 0.1) is 16.9 Å². The number of fused-ring (bicyclic) bond motifs is 1. The predicted octanol–water partition coefficient (Wildman–Crippen LogP) is 6.96. The Balaban J connectivity index is 1.44. The van der Waals surface area contributed by atoms with Crippen LogP contribution in [0.1, 0.15) is 37.7 Å². The largest absolute Gasteiger partial charge is 0.450 e. The summed E-state index contributed by atoms with van der Waals surface area (Å²) in [5, 5.41) is 3.94. The standard InChI is InChI=1S/C28H20ClN3O3S/c1-17-8-7-9-18(14-17)16-36-28-30-15-21(29)24(32-28)27(34)31-23-20-12-5-6-13-22(20)35-26(23)25(33)19-10-3-2-4-11-19/h2-15H,16H2,1H3,(H,31,34). The molecule has 0 radical (unpaired) electrons. The van der Waals surface area contributed by atoms with Crippen LogP contribution in [0, 0.1) is 6.92 Å². The van der Waals surface area contributed by atoms with Gasteiger partial charge in [-0.2, -0.15) is 0 Å². The molecule has 0 fully saturated rings. The Labute approximate surface area is 216 Å². The lowest BCUT2D eigenvalue weighted by molar-refractivity contribution is 0.101. The van der Waals surface area contributed by atoms with Crippen molar-refractivity contribution in [2.45, 2.75) is 17.8 Å². The normalized spacial score (nSPS) is 10.9. The number of nitrogens with zero attached hydrogens (tertiary/aromatic N) is 2. The summed E-state index contributed by atoms with van der Waals surface area (Å²) in [6, 6.07) is 24.0. The van der Waals surface area contributed by atoms with Crippen LogP contribution in [0.3, 0.4) is 0 Å². The number of para-hydroxylation sites is 1. The van der Waals surface area contributed by atoms with Gasteiger partial charge in [0.1, 0.15) is 5.58 Å². The van der Waals surface area contributed by atoms with Crippen LogP contribution in [-0.2, 0) is 5.75 Å². The third kappa shape index (κ3) is 5.03. The van der Waals surface area contributed by atoms with Gasteiger partial charge in [0.2, 0.25) is 5.78 Å². The van der Waals surface area contributed by atoms with Crippen LogP contribution < -0.4 is 5.32 Å². The topological polar surface area (TPSA) is 85.1 Å². The van der Waals surface area contributed by atoms with Crippen LogP contribution in [0.4, 0.5) is 5.69 Å². The van der Waals surface area contributed by atoms with Crippen molar-refractivity contribution < 1.29 is 14.0 Å². The highest BCUT2D eigenvalue weighted by Gasteiger charge is 2.25. The van der Waals surface area contributed by atoms with E-state index in [2.05, 4.69) is 21.4 Å². The van der Waals surface area contributed by atoms with Gasteiger partial charge in [-0.25, -0.2) is 9.97 Å². The molecule has 1 amide bonds. The maximum absolute atomic E-state index is 13.3. The molecule has 0 saturated carbocycles. The molecule has 0 spiro atoms. The van der Waals surface area contributed by atoms with E-state index in [4.69, 9.17) is 16.0 Å². The second-order valence-electron chi connectivity index (χ2n) is 8.08. The van der Waals surface area contributed by atoms with Gasteiger partial charge in [-0.1, -0.05) is 95.7 Å². The van der Waals surface area contributed by atoms with E-state index < -0.39 is 5.91 Å². The van der Waals surface area contributed by atoms with Gasteiger partial charge in [-0.3, -0.25) is 9.59 Å². The fourth-order valence-corrected chi connectivity index (χ4v) is 4.69. The molecule has 0 unspecified atom stereocenters. The van der Waals surface area contributed by atoms with Gasteiger partial charge in [0.25, 0.3) is 5.91 Å². The highest BCUT2D eigenvalue weighted by atomic mass is 35.5. The lowest BCUT2D eigenvalue weighted by Crippen LogP contribution is -2.17. The van der Waals surface area contributed by atoms with E-state index in [-0.39, 0.29) is 27.9 Å². The zero-order valence-corrected chi connectivity index (χ0v) is 20.8. The van der Waals surface area contributed by atoms with E-state index in [0.29, 0.717) is 27.4 Å². The van der Waals surface area contributed by atoms with E-state index in [9.17, 15) is 9.59 Å². The van der Waals surface area contributed by atoms with E-state index in [1.54, 1.807) is 42.5 Å². The number of carbonyl (C=O) groups excluding carboxylic acids is 2. The quantitative estimate of drug-likeness (QED) is 0.144. The molecule has 0 aliphatic rings. The molecular weight excluding hydrogens is 494 g/mol. The first-order valence-corrected chi connectivity index (χ1v) is 12.5. The molecule has 3 aromatic carbocycles. The fourth-order valence-electron chi connectivity index (χ4n) is 3.75. The molecule has 0 atom stereocenters. The summed E-state index contributed by atoms with van der Waals surface area (Å²) < 4.78 is 5.87. The smallest absolute Gasteiger partial charge is 0.276 e. The number of hydrogen-bond acceptors (Lipinski definition) is 6. The van der Waals surface area contributed by atoms with Crippen LogP contribution in [0.2, 0.25) is 5.02 Å². The first kappa shape index (κ1) is 23.8. The van der Waals surface area contributed by atoms with Crippen LogP contribution in [0.5, 0.6) is 0 Å². The van der Waals surface area contributed by atoms with Crippen molar-refractivity contribution >= 4 is 51.7 Å². The van der Waals surface area contributed by atoms with E-state index >= 15 is 0 Å². The van der Waals surface area contributed by atoms with Gasteiger partial charge in [-0.15, -0.1) is 0 Å². The number of nitrogens with one attached hydrogen (secondary N) is 1. The first-order valence-electron chi connectivity index (χ1n) is 11.1. The maximum atomic E-state index is 13.3. The molecule has 1 N–H and O–H groups in total. The molecule has 0 aliphatic carbocycles. The summed E-state index contributed by atoms with van der Waals surface area (Å²) in [6.07, 6.45) is 1.41. The lowest BCUT2D eigenvalue weighted by Gasteiger charge is -2.08. The predicted molar refractivity (Wildman–Crippen MR) is 142 cm³/mol. The van der Waals surface area contributed by atoms with E-state index in [1.807, 2.05) is 37.3 Å². The number of rotatable bonds is 7. The molecule has 178 valence electrons. The molecule has 5 rings (SSSR count). The van der Waals surface area contributed by atoms with Crippen LogP contribution in [0.15, 0.2) is 94.6 Å². The monoisotopic (exact) mass is 513 g/mol. The highest BCUT2D eigenvalue weighted by molar-refractivity contribution is 7.98. The lowest BCUT2D eigenvalue weighted by atomic mass is 10.1. The number of aromatic nitrogens is 2. The minimum atomic E-state index is -0.562. The number of amides is 1. The van der Waals surface area contributed by atoms with E-state index in [0.717, 1.165) is 5.56 Å². The molecule has 5 aromatic rings. The Hall–Kier alpha value is -3.94. The molecule has 2 aromatic heterocycles. The molecule has 0 bridgehead atoms. The summed E-state index contributed by atoms with van der Waals surface area (Å²) in [5.74, 6) is -0.222. The number of benzene rings is 3.